The van der Waals surface area contributed by atoms with Crippen molar-refractivity contribution in [2.45, 2.75) is 32.6 Å². The minimum atomic E-state index is -0.411. The van der Waals surface area contributed by atoms with Crippen LogP contribution in [0.4, 0.5) is 33.4 Å². The molecule has 4 aromatic carbocycles. The quantitative estimate of drug-likeness (QED) is 0.0635. The summed E-state index contributed by atoms with van der Waals surface area (Å²) in [6, 6.07) is 26.1. The van der Waals surface area contributed by atoms with Gasteiger partial charge in [-0.25, -0.2) is 9.78 Å². The van der Waals surface area contributed by atoms with E-state index in [1.807, 2.05) is 60.9 Å². The van der Waals surface area contributed by atoms with Gasteiger partial charge in [-0.15, -0.1) is 0 Å². The molecule has 55 heavy (non-hydrogen) atoms. The lowest BCUT2D eigenvalue weighted by atomic mass is 9.86. The van der Waals surface area contributed by atoms with Gasteiger partial charge in [0.25, 0.3) is 0 Å². The van der Waals surface area contributed by atoms with E-state index in [2.05, 4.69) is 57.4 Å². The zero-order valence-electron chi connectivity index (χ0n) is 31.8. The fourth-order valence-corrected chi connectivity index (χ4v) is 6.61. The lowest BCUT2D eigenvalue weighted by molar-refractivity contribution is 0.0358. The summed E-state index contributed by atoms with van der Waals surface area (Å²) < 4.78 is 26.7. The van der Waals surface area contributed by atoms with Crippen LogP contribution >= 0.6 is 11.9 Å². The van der Waals surface area contributed by atoms with E-state index in [-0.39, 0.29) is 5.41 Å². The van der Waals surface area contributed by atoms with E-state index in [9.17, 15) is 10.1 Å². The number of nitrogens with zero attached hydrogens (tertiary/aromatic N) is 3. The molecule has 1 fully saturated rings. The first-order valence-corrected chi connectivity index (χ1v) is 19.4. The van der Waals surface area contributed by atoms with Gasteiger partial charge in [0.2, 0.25) is 0 Å². The number of ether oxygens (including phenoxy) is 4. The lowest BCUT2D eigenvalue weighted by Gasteiger charge is -2.26. The third kappa shape index (κ3) is 10.1. The Hall–Kier alpha value is -5.68. The van der Waals surface area contributed by atoms with Crippen LogP contribution in [0.3, 0.4) is 0 Å². The molecule has 0 saturated carbocycles. The average Bonchev–Trinajstić information content (AvgIpc) is 3.18. The van der Waals surface area contributed by atoms with E-state index in [1.165, 1.54) is 11.9 Å². The molecule has 0 spiro atoms. The second-order valence-electron chi connectivity index (χ2n) is 14.0. The minimum Gasteiger partial charge on any atom is -0.492 e. The summed E-state index contributed by atoms with van der Waals surface area (Å²) in [5, 5.41) is 20.7. The number of aromatic nitrogens is 1. The van der Waals surface area contributed by atoms with Crippen LogP contribution in [-0.2, 0) is 10.2 Å². The summed E-state index contributed by atoms with van der Waals surface area (Å²) in [5.41, 5.74) is 3.97. The van der Waals surface area contributed by atoms with Crippen molar-refractivity contribution in [2.24, 2.45) is 0 Å². The van der Waals surface area contributed by atoms with E-state index in [0.717, 1.165) is 61.3 Å². The highest BCUT2D eigenvalue weighted by molar-refractivity contribution is 7.99. The Morgan fingerprint density at radius 1 is 0.945 bits per heavy atom. The second-order valence-corrected chi connectivity index (χ2v) is 14.6. The molecule has 0 unspecified atom stereocenters. The van der Waals surface area contributed by atoms with Gasteiger partial charge >= 0.3 is 6.03 Å². The molecule has 13 heteroatoms. The third-order valence-electron chi connectivity index (χ3n) is 9.06. The van der Waals surface area contributed by atoms with E-state index in [4.69, 9.17) is 18.9 Å². The van der Waals surface area contributed by atoms with Crippen molar-refractivity contribution < 1.29 is 23.7 Å². The number of carbonyl (C=O) groups excluding carboxylic acids is 1. The second kappa shape index (κ2) is 18.1. The van der Waals surface area contributed by atoms with Crippen molar-refractivity contribution in [3.05, 3.63) is 96.2 Å². The summed E-state index contributed by atoms with van der Waals surface area (Å²) in [6.45, 7) is 11.2. The van der Waals surface area contributed by atoms with Gasteiger partial charge in [-0.3, -0.25) is 4.90 Å². The molecule has 5 aromatic rings. The molecule has 0 radical (unpaired) electrons. The number of hydrogen-bond acceptors (Lipinski definition) is 11. The first-order valence-electron chi connectivity index (χ1n) is 18.1. The van der Waals surface area contributed by atoms with Crippen LogP contribution in [0.5, 0.6) is 23.0 Å². The number of nitriles is 1. The normalized spacial score (nSPS) is 13.1. The van der Waals surface area contributed by atoms with E-state index in [1.54, 1.807) is 37.6 Å². The van der Waals surface area contributed by atoms with Crippen LogP contribution in [-0.4, -0.2) is 68.7 Å². The number of fused-ring (bicyclic) bond motifs is 1. The highest BCUT2D eigenvalue weighted by Crippen LogP contribution is 2.40. The SMILES string of the molecule is COc1c(NSC)cc(C(C)(C)C)cc1NC(=O)Nc1ccc(Oc2ccnc(Nc3ccc(OCCCN4CCOCC4)c(C#N)c3)c2)c2ccccc12. The Bertz CT molecular complexity index is 2160. The predicted octanol–water partition coefficient (Wildman–Crippen LogP) is 9.38. The molecule has 1 aliphatic heterocycles. The summed E-state index contributed by atoms with van der Waals surface area (Å²) >= 11 is 1.45. The molecule has 0 bridgehead atoms. The molecule has 286 valence electrons. The highest BCUT2D eigenvalue weighted by atomic mass is 32.2. The largest absolute Gasteiger partial charge is 0.492 e. The standard InChI is InChI=1S/C42H47N7O5S/c1-42(2,3)29-24-35(40(51-4)36(25-29)48-55-5)47-41(50)46-34-12-14-38(33-10-7-6-9-32(33)34)54-31-15-16-44-39(26-31)45-30-11-13-37(28(23-30)27-43)53-20-8-17-49-18-21-52-22-19-49/h6-7,9-16,23-26,48H,8,17-22H2,1-5H3,(H,44,45)(H2,46,47,50). The van der Waals surface area contributed by atoms with Crippen molar-refractivity contribution in [1.82, 2.24) is 9.88 Å². The molecule has 6 rings (SSSR count). The van der Waals surface area contributed by atoms with Crippen LogP contribution < -0.4 is 34.9 Å². The maximum Gasteiger partial charge on any atom is 0.323 e. The number of rotatable bonds is 14. The number of nitrogens with one attached hydrogen (secondary N) is 4. The summed E-state index contributed by atoms with van der Waals surface area (Å²) in [4.78, 5) is 20.3. The first kappa shape index (κ1) is 39.0. The Balaban J connectivity index is 1.13. The van der Waals surface area contributed by atoms with Crippen molar-refractivity contribution >= 4 is 57.3 Å². The summed E-state index contributed by atoms with van der Waals surface area (Å²) in [6.07, 6.45) is 4.45. The molecule has 12 nitrogen and oxygen atoms in total. The Kier molecular flexibility index (Phi) is 12.8. The van der Waals surface area contributed by atoms with Crippen LogP contribution in [0.2, 0.25) is 0 Å². The van der Waals surface area contributed by atoms with Crippen LogP contribution in [0.15, 0.2) is 85.1 Å². The highest BCUT2D eigenvalue weighted by Gasteiger charge is 2.21. The van der Waals surface area contributed by atoms with Gasteiger partial charge in [0.15, 0.2) is 5.75 Å². The molecule has 1 saturated heterocycles. The number of hydrogen-bond donors (Lipinski definition) is 4. The van der Waals surface area contributed by atoms with E-state index in [0.29, 0.717) is 58.0 Å². The Morgan fingerprint density at radius 3 is 2.44 bits per heavy atom. The molecule has 0 atom stereocenters. The zero-order chi connectivity index (χ0) is 38.8. The van der Waals surface area contributed by atoms with Gasteiger partial charge in [0.1, 0.15) is 29.1 Å². The number of pyridine rings is 1. The molecule has 1 aromatic heterocycles. The minimum absolute atomic E-state index is 0.156. The fourth-order valence-electron chi connectivity index (χ4n) is 6.24. The number of anilines is 5. The smallest absolute Gasteiger partial charge is 0.323 e. The third-order valence-corrected chi connectivity index (χ3v) is 9.49. The van der Waals surface area contributed by atoms with E-state index >= 15 is 0 Å². The number of morpholine rings is 1. The van der Waals surface area contributed by atoms with E-state index < -0.39 is 6.03 Å². The molecular weight excluding hydrogens is 715 g/mol. The maximum atomic E-state index is 13.5. The summed E-state index contributed by atoms with van der Waals surface area (Å²) in [7, 11) is 1.59. The van der Waals surface area contributed by atoms with Gasteiger partial charge in [-0.1, -0.05) is 57.0 Å². The van der Waals surface area contributed by atoms with Crippen LogP contribution in [0.25, 0.3) is 10.8 Å². The van der Waals surface area contributed by atoms with Gasteiger partial charge in [0, 0.05) is 54.6 Å². The Labute approximate surface area is 326 Å². The molecular formula is C42H47N7O5S. The monoisotopic (exact) mass is 761 g/mol. The van der Waals surface area contributed by atoms with Crippen LogP contribution in [0.1, 0.15) is 38.3 Å². The number of amides is 2. The van der Waals surface area contributed by atoms with Crippen LogP contribution in [0, 0.1) is 11.3 Å². The predicted molar refractivity (Wildman–Crippen MR) is 222 cm³/mol. The fraction of sp³-hybridized carbons (Fsp3) is 0.310. The average molecular weight is 762 g/mol. The topological polar surface area (TPSA) is 142 Å². The molecule has 2 amide bonds. The van der Waals surface area contributed by atoms with Crippen molar-refractivity contribution in [1.29, 1.82) is 5.26 Å². The van der Waals surface area contributed by atoms with Crippen molar-refractivity contribution in [3.63, 3.8) is 0 Å². The maximum absolute atomic E-state index is 13.5. The Morgan fingerprint density at radius 2 is 1.69 bits per heavy atom. The van der Waals surface area contributed by atoms with Crippen molar-refractivity contribution in [3.8, 4) is 29.1 Å². The summed E-state index contributed by atoms with van der Waals surface area (Å²) in [5.74, 6) is 2.80. The molecule has 4 N–H and O–H groups in total. The molecule has 2 heterocycles. The lowest BCUT2D eigenvalue weighted by Crippen LogP contribution is -2.37. The number of urea groups is 1. The number of benzene rings is 4. The zero-order valence-corrected chi connectivity index (χ0v) is 32.6. The van der Waals surface area contributed by atoms with Gasteiger partial charge in [-0.05, 0) is 65.9 Å². The first-order chi connectivity index (χ1) is 26.6. The number of carbonyl (C=O) groups is 1. The van der Waals surface area contributed by atoms with Gasteiger partial charge in [-0.2, -0.15) is 5.26 Å². The molecule has 0 aliphatic carbocycles. The molecule has 1 aliphatic rings. The van der Waals surface area contributed by atoms with Crippen molar-refractivity contribution in [2.75, 3.05) is 73.5 Å². The van der Waals surface area contributed by atoms with Gasteiger partial charge in [0.05, 0.1) is 49.6 Å². The number of methoxy groups -OCH3 is 1. The van der Waals surface area contributed by atoms with Gasteiger partial charge < -0.3 is 39.6 Å².